The Hall–Kier alpha value is -0.840. The van der Waals surface area contributed by atoms with Crippen molar-refractivity contribution < 1.29 is 4.79 Å². The molecule has 0 bridgehead atoms. The first-order valence-corrected chi connectivity index (χ1v) is 6.29. The molecule has 1 unspecified atom stereocenters. The van der Waals surface area contributed by atoms with Crippen LogP contribution in [0, 0.1) is 5.92 Å². The summed E-state index contributed by atoms with van der Waals surface area (Å²) in [6.45, 7) is 8.61. The van der Waals surface area contributed by atoms with Gasteiger partial charge in [-0.25, -0.2) is 0 Å². The molecule has 2 N–H and O–H groups in total. The minimum absolute atomic E-state index is 0.0856. The van der Waals surface area contributed by atoms with Gasteiger partial charge in [0, 0.05) is 19.6 Å². The molecule has 92 valence electrons. The van der Waals surface area contributed by atoms with Crippen LogP contribution in [-0.4, -0.2) is 41.6 Å². The molecule has 0 aromatic rings. The number of piperazine rings is 1. The zero-order valence-electron chi connectivity index (χ0n) is 10.2. The van der Waals surface area contributed by atoms with Crippen LogP contribution in [0.2, 0.25) is 0 Å². The molecule has 0 spiro atoms. The SMILES string of the molecule is CCC1C(=O)NCCN1C(=S)NCC(C)C. The van der Waals surface area contributed by atoms with Crippen molar-refractivity contribution in [2.45, 2.75) is 33.2 Å². The minimum atomic E-state index is -0.110. The Kier molecular flexibility index (Phi) is 4.99. The fourth-order valence-corrected chi connectivity index (χ4v) is 2.06. The van der Waals surface area contributed by atoms with E-state index in [4.69, 9.17) is 12.2 Å². The Balaban J connectivity index is 2.55. The van der Waals surface area contributed by atoms with Crippen molar-refractivity contribution in [1.82, 2.24) is 15.5 Å². The van der Waals surface area contributed by atoms with Crippen LogP contribution in [0.15, 0.2) is 0 Å². The molecular weight excluding hydrogens is 222 g/mol. The van der Waals surface area contributed by atoms with Crippen LogP contribution in [0.4, 0.5) is 0 Å². The van der Waals surface area contributed by atoms with Gasteiger partial charge in [0.1, 0.15) is 6.04 Å². The van der Waals surface area contributed by atoms with Crippen molar-refractivity contribution in [3.8, 4) is 0 Å². The molecule has 0 aromatic heterocycles. The van der Waals surface area contributed by atoms with E-state index in [1.165, 1.54) is 0 Å². The maximum atomic E-state index is 11.6. The van der Waals surface area contributed by atoms with Crippen LogP contribution in [0.1, 0.15) is 27.2 Å². The predicted molar refractivity (Wildman–Crippen MR) is 69.2 cm³/mol. The van der Waals surface area contributed by atoms with Gasteiger partial charge in [0.25, 0.3) is 0 Å². The van der Waals surface area contributed by atoms with Gasteiger partial charge >= 0.3 is 0 Å². The van der Waals surface area contributed by atoms with E-state index in [2.05, 4.69) is 24.5 Å². The summed E-state index contributed by atoms with van der Waals surface area (Å²) < 4.78 is 0. The molecule has 1 heterocycles. The normalized spacial score (nSPS) is 20.9. The third-order valence-electron chi connectivity index (χ3n) is 2.64. The number of amides is 1. The predicted octanol–water partition coefficient (Wildman–Crippen LogP) is 0.727. The fourth-order valence-electron chi connectivity index (χ4n) is 1.76. The van der Waals surface area contributed by atoms with E-state index in [1.807, 2.05) is 11.8 Å². The molecule has 5 heteroatoms. The summed E-state index contributed by atoms with van der Waals surface area (Å²) in [4.78, 5) is 13.6. The summed E-state index contributed by atoms with van der Waals surface area (Å²) in [5.74, 6) is 0.638. The Morgan fingerprint density at radius 2 is 2.38 bits per heavy atom. The molecule has 1 aliphatic heterocycles. The lowest BCUT2D eigenvalue weighted by Gasteiger charge is -2.36. The van der Waals surface area contributed by atoms with E-state index in [9.17, 15) is 4.79 Å². The van der Waals surface area contributed by atoms with Crippen LogP contribution in [-0.2, 0) is 4.79 Å². The molecule has 1 atom stereocenters. The van der Waals surface area contributed by atoms with Crippen LogP contribution in [0.25, 0.3) is 0 Å². The summed E-state index contributed by atoms with van der Waals surface area (Å²) in [7, 11) is 0. The van der Waals surface area contributed by atoms with Gasteiger partial charge in [0.05, 0.1) is 0 Å². The Bertz CT molecular complexity index is 268. The highest BCUT2D eigenvalue weighted by atomic mass is 32.1. The minimum Gasteiger partial charge on any atom is -0.362 e. The van der Waals surface area contributed by atoms with Crippen molar-refractivity contribution in [2.24, 2.45) is 5.92 Å². The lowest BCUT2D eigenvalue weighted by Crippen LogP contribution is -2.59. The van der Waals surface area contributed by atoms with E-state index in [0.29, 0.717) is 17.6 Å². The number of rotatable bonds is 3. The smallest absolute Gasteiger partial charge is 0.242 e. The summed E-state index contributed by atoms with van der Waals surface area (Å²) in [5.41, 5.74) is 0. The highest BCUT2D eigenvalue weighted by molar-refractivity contribution is 7.80. The quantitative estimate of drug-likeness (QED) is 0.717. The lowest BCUT2D eigenvalue weighted by molar-refractivity contribution is -0.127. The number of carbonyl (C=O) groups is 1. The maximum Gasteiger partial charge on any atom is 0.242 e. The van der Waals surface area contributed by atoms with Crippen LogP contribution < -0.4 is 10.6 Å². The highest BCUT2D eigenvalue weighted by Gasteiger charge is 2.29. The topological polar surface area (TPSA) is 44.4 Å². The van der Waals surface area contributed by atoms with Crippen LogP contribution >= 0.6 is 12.2 Å². The molecule has 1 aliphatic rings. The molecule has 1 fully saturated rings. The van der Waals surface area contributed by atoms with Crippen molar-refractivity contribution >= 4 is 23.2 Å². The number of carbonyl (C=O) groups excluding carboxylic acids is 1. The van der Waals surface area contributed by atoms with E-state index >= 15 is 0 Å². The molecule has 1 amide bonds. The van der Waals surface area contributed by atoms with Crippen LogP contribution in [0.5, 0.6) is 0 Å². The average Bonchev–Trinajstić information content (AvgIpc) is 2.25. The van der Waals surface area contributed by atoms with Gasteiger partial charge < -0.3 is 15.5 Å². The van der Waals surface area contributed by atoms with Gasteiger partial charge in [-0.15, -0.1) is 0 Å². The highest BCUT2D eigenvalue weighted by Crippen LogP contribution is 2.08. The summed E-state index contributed by atoms with van der Waals surface area (Å²) in [6.07, 6.45) is 0.787. The number of nitrogens with zero attached hydrogens (tertiary/aromatic N) is 1. The van der Waals surface area contributed by atoms with E-state index < -0.39 is 0 Å². The zero-order valence-corrected chi connectivity index (χ0v) is 11.1. The average molecular weight is 243 g/mol. The zero-order chi connectivity index (χ0) is 12.1. The molecule has 0 aromatic carbocycles. The largest absolute Gasteiger partial charge is 0.362 e. The van der Waals surface area contributed by atoms with Crippen molar-refractivity contribution in [2.75, 3.05) is 19.6 Å². The lowest BCUT2D eigenvalue weighted by atomic mass is 10.1. The molecule has 1 saturated heterocycles. The van der Waals surface area contributed by atoms with Gasteiger partial charge in [0.2, 0.25) is 5.91 Å². The van der Waals surface area contributed by atoms with Crippen molar-refractivity contribution in [1.29, 1.82) is 0 Å². The standard InChI is InChI=1S/C11H21N3OS/c1-4-9-10(15)12-5-6-14(9)11(16)13-7-8(2)3/h8-9H,4-7H2,1-3H3,(H,12,15)(H,13,16). The molecule has 4 nitrogen and oxygen atoms in total. The molecule has 16 heavy (non-hydrogen) atoms. The molecule has 1 rings (SSSR count). The van der Waals surface area contributed by atoms with Crippen LogP contribution in [0.3, 0.4) is 0 Å². The molecule has 0 aliphatic carbocycles. The first-order chi connectivity index (χ1) is 7.56. The van der Waals surface area contributed by atoms with E-state index in [1.54, 1.807) is 0 Å². The first-order valence-electron chi connectivity index (χ1n) is 5.88. The maximum absolute atomic E-state index is 11.6. The van der Waals surface area contributed by atoms with Gasteiger partial charge in [0.15, 0.2) is 5.11 Å². The van der Waals surface area contributed by atoms with Crippen molar-refractivity contribution in [3.05, 3.63) is 0 Å². The number of hydrogen-bond acceptors (Lipinski definition) is 2. The second-order valence-electron chi connectivity index (χ2n) is 4.49. The second kappa shape index (κ2) is 6.03. The van der Waals surface area contributed by atoms with E-state index in [-0.39, 0.29) is 11.9 Å². The number of nitrogens with one attached hydrogen (secondary N) is 2. The molecular formula is C11H21N3OS. The monoisotopic (exact) mass is 243 g/mol. The Morgan fingerprint density at radius 1 is 1.69 bits per heavy atom. The second-order valence-corrected chi connectivity index (χ2v) is 4.88. The van der Waals surface area contributed by atoms with Gasteiger partial charge in [-0.1, -0.05) is 20.8 Å². The summed E-state index contributed by atoms with van der Waals surface area (Å²) in [6, 6.07) is -0.110. The summed E-state index contributed by atoms with van der Waals surface area (Å²) in [5, 5.41) is 6.78. The first kappa shape index (κ1) is 13.2. The van der Waals surface area contributed by atoms with Gasteiger partial charge in [-0.3, -0.25) is 4.79 Å². The summed E-state index contributed by atoms with van der Waals surface area (Å²) >= 11 is 5.32. The van der Waals surface area contributed by atoms with Crippen molar-refractivity contribution in [3.63, 3.8) is 0 Å². The van der Waals surface area contributed by atoms with Gasteiger partial charge in [-0.05, 0) is 24.6 Å². The third-order valence-corrected chi connectivity index (χ3v) is 3.02. The molecule has 0 radical (unpaired) electrons. The Labute approximate surface area is 103 Å². The molecule has 0 saturated carbocycles. The van der Waals surface area contributed by atoms with E-state index in [0.717, 1.165) is 19.5 Å². The third kappa shape index (κ3) is 3.33. The Morgan fingerprint density at radius 3 is 2.94 bits per heavy atom. The number of thiocarbonyl (C=S) groups is 1. The number of hydrogen-bond donors (Lipinski definition) is 2. The van der Waals surface area contributed by atoms with Gasteiger partial charge in [-0.2, -0.15) is 0 Å². The fraction of sp³-hybridized carbons (Fsp3) is 0.818.